The Morgan fingerprint density at radius 1 is 1.07 bits per heavy atom. The molecule has 1 atom stereocenters. The maximum atomic E-state index is 13.5. The molecule has 1 saturated carbocycles. The molecule has 154 valence electrons. The second-order valence-electron chi connectivity index (χ2n) is 8.05. The zero-order chi connectivity index (χ0) is 20.7. The number of rotatable bonds is 4. The number of amides is 2. The number of imidazole rings is 1. The molecule has 30 heavy (non-hydrogen) atoms. The lowest BCUT2D eigenvalue weighted by molar-refractivity contribution is -0.125. The van der Waals surface area contributed by atoms with Gasteiger partial charge in [0.05, 0.1) is 17.5 Å². The lowest BCUT2D eigenvalue weighted by atomic mass is 9.94. The monoisotopic (exact) mass is 422 g/mol. The van der Waals surface area contributed by atoms with E-state index in [2.05, 4.69) is 5.32 Å². The summed E-state index contributed by atoms with van der Waals surface area (Å²) in [5.74, 6) is 0.448. The molecule has 0 bridgehead atoms. The summed E-state index contributed by atoms with van der Waals surface area (Å²) in [6.07, 6.45) is 5.49. The van der Waals surface area contributed by atoms with E-state index in [0.29, 0.717) is 16.7 Å². The van der Waals surface area contributed by atoms with E-state index in [4.69, 9.17) is 16.6 Å². The summed E-state index contributed by atoms with van der Waals surface area (Å²) in [5.41, 5.74) is 2.40. The first-order chi connectivity index (χ1) is 14.6. The van der Waals surface area contributed by atoms with Crippen LogP contribution >= 0.6 is 11.6 Å². The summed E-state index contributed by atoms with van der Waals surface area (Å²) in [5, 5.41) is 3.49. The van der Waals surface area contributed by atoms with Crippen molar-refractivity contribution in [2.75, 3.05) is 10.2 Å². The van der Waals surface area contributed by atoms with Gasteiger partial charge in [-0.05, 0) is 49.2 Å². The summed E-state index contributed by atoms with van der Waals surface area (Å²) >= 11 is 5.92. The molecule has 2 amide bonds. The van der Waals surface area contributed by atoms with Crippen LogP contribution in [0.1, 0.15) is 44.6 Å². The largest absolute Gasteiger partial charge is 0.326 e. The summed E-state index contributed by atoms with van der Waals surface area (Å²) in [6.45, 7) is 0. The Morgan fingerprint density at radius 2 is 1.80 bits per heavy atom. The van der Waals surface area contributed by atoms with Crippen LogP contribution in [0.25, 0.3) is 11.0 Å². The number of hydrogen-bond donors (Lipinski definition) is 1. The molecular formula is C23H23ClN4O2. The van der Waals surface area contributed by atoms with E-state index in [-0.39, 0.29) is 24.3 Å². The summed E-state index contributed by atoms with van der Waals surface area (Å²) < 4.78 is 1.95. The molecule has 1 fully saturated rings. The van der Waals surface area contributed by atoms with E-state index in [1.54, 1.807) is 24.3 Å². The van der Waals surface area contributed by atoms with Crippen molar-refractivity contribution in [3.8, 4) is 0 Å². The van der Waals surface area contributed by atoms with Gasteiger partial charge < -0.3 is 5.32 Å². The minimum absolute atomic E-state index is 0.0265. The fourth-order valence-corrected chi connectivity index (χ4v) is 4.79. The molecule has 2 aliphatic rings. The number of aromatic nitrogens is 2. The zero-order valence-corrected chi connectivity index (χ0v) is 17.3. The summed E-state index contributed by atoms with van der Waals surface area (Å²) in [7, 11) is 0. The zero-order valence-electron chi connectivity index (χ0n) is 16.6. The third-order valence-electron chi connectivity index (χ3n) is 6.07. The maximum absolute atomic E-state index is 13.5. The normalized spacial score (nSPS) is 19.3. The number of benzene rings is 2. The van der Waals surface area contributed by atoms with Crippen LogP contribution in [0.2, 0.25) is 5.02 Å². The van der Waals surface area contributed by atoms with E-state index >= 15 is 0 Å². The summed E-state index contributed by atoms with van der Waals surface area (Å²) in [6, 6.07) is 14.3. The number of halogens is 1. The van der Waals surface area contributed by atoms with E-state index in [9.17, 15) is 9.59 Å². The van der Waals surface area contributed by atoms with Crippen molar-refractivity contribution < 1.29 is 9.59 Å². The van der Waals surface area contributed by atoms with Crippen molar-refractivity contribution in [3.05, 3.63) is 53.6 Å². The van der Waals surface area contributed by atoms with Gasteiger partial charge in [0.25, 0.3) is 5.91 Å². The Morgan fingerprint density at radius 3 is 2.57 bits per heavy atom. The van der Waals surface area contributed by atoms with Crippen molar-refractivity contribution >= 4 is 46.1 Å². The van der Waals surface area contributed by atoms with Crippen molar-refractivity contribution in [3.63, 3.8) is 0 Å². The molecule has 1 unspecified atom stereocenters. The van der Waals surface area contributed by atoms with Crippen LogP contribution in [0.4, 0.5) is 11.6 Å². The average molecular weight is 423 g/mol. The molecule has 2 heterocycles. The van der Waals surface area contributed by atoms with Gasteiger partial charge in [-0.3, -0.25) is 19.1 Å². The van der Waals surface area contributed by atoms with Gasteiger partial charge in [-0.2, -0.15) is 0 Å². The van der Waals surface area contributed by atoms with E-state index in [1.165, 1.54) is 6.42 Å². The minimum atomic E-state index is -0.582. The van der Waals surface area contributed by atoms with Crippen LogP contribution in [-0.4, -0.2) is 27.4 Å². The van der Waals surface area contributed by atoms with Gasteiger partial charge in [0.1, 0.15) is 6.04 Å². The highest BCUT2D eigenvalue weighted by molar-refractivity contribution is 6.30. The molecule has 2 aromatic carbocycles. The van der Waals surface area contributed by atoms with Crippen LogP contribution in [0, 0.1) is 0 Å². The number of hydrogen-bond acceptors (Lipinski definition) is 3. The summed E-state index contributed by atoms with van der Waals surface area (Å²) in [4.78, 5) is 32.9. The highest BCUT2D eigenvalue weighted by Crippen LogP contribution is 2.40. The highest BCUT2D eigenvalue weighted by atomic mass is 35.5. The van der Waals surface area contributed by atoms with E-state index < -0.39 is 6.04 Å². The van der Waals surface area contributed by atoms with Gasteiger partial charge in [0, 0.05) is 16.8 Å². The Labute approximate surface area is 179 Å². The Kier molecular flexibility index (Phi) is 4.95. The molecule has 1 N–H and O–H groups in total. The van der Waals surface area contributed by atoms with Gasteiger partial charge in [0.15, 0.2) is 0 Å². The van der Waals surface area contributed by atoms with Gasteiger partial charge in [-0.25, -0.2) is 4.98 Å². The van der Waals surface area contributed by atoms with Crippen LogP contribution < -0.4 is 10.2 Å². The number of para-hydroxylation sites is 2. The SMILES string of the molecule is O=C(CC1C(=O)N(C2CCCCC2)c2nc3ccccc3n21)Nc1ccc(Cl)cc1. The second kappa shape index (κ2) is 7.76. The maximum Gasteiger partial charge on any atom is 0.253 e. The lowest BCUT2D eigenvalue weighted by Crippen LogP contribution is -2.41. The molecular weight excluding hydrogens is 400 g/mol. The first-order valence-corrected chi connectivity index (χ1v) is 10.8. The molecule has 5 rings (SSSR count). The molecule has 1 aliphatic carbocycles. The second-order valence-corrected chi connectivity index (χ2v) is 8.48. The average Bonchev–Trinajstić information content (AvgIpc) is 3.25. The van der Waals surface area contributed by atoms with E-state index in [1.807, 2.05) is 33.7 Å². The topological polar surface area (TPSA) is 67.2 Å². The predicted octanol–water partition coefficient (Wildman–Crippen LogP) is 4.94. The highest BCUT2D eigenvalue weighted by Gasteiger charge is 2.44. The molecule has 7 heteroatoms. The van der Waals surface area contributed by atoms with Gasteiger partial charge in [-0.15, -0.1) is 0 Å². The van der Waals surface area contributed by atoms with Crippen molar-refractivity contribution in [2.24, 2.45) is 0 Å². The fourth-order valence-electron chi connectivity index (χ4n) is 4.66. The first kappa shape index (κ1) is 19.1. The van der Waals surface area contributed by atoms with Crippen molar-refractivity contribution in [1.29, 1.82) is 0 Å². The predicted molar refractivity (Wildman–Crippen MR) is 118 cm³/mol. The van der Waals surface area contributed by atoms with Gasteiger partial charge >= 0.3 is 0 Å². The Bertz CT molecular complexity index is 1100. The Hall–Kier alpha value is -2.86. The number of carbonyl (C=O) groups excluding carboxylic acids is 2. The minimum Gasteiger partial charge on any atom is -0.326 e. The third kappa shape index (κ3) is 3.35. The smallest absolute Gasteiger partial charge is 0.253 e. The molecule has 0 spiro atoms. The molecule has 6 nitrogen and oxygen atoms in total. The van der Waals surface area contributed by atoms with Crippen LogP contribution in [0.5, 0.6) is 0 Å². The van der Waals surface area contributed by atoms with E-state index in [0.717, 1.165) is 36.7 Å². The third-order valence-corrected chi connectivity index (χ3v) is 6.33. The number of fused-ring (bicyclic) bond motifs is 3. The van der Waals surface area contributed by atoms with Crippen LogP contribution in [0.15, 0.2) is 48.5 Å². The number of nitrogens with zero attached hydrogens (tertiary/aromatic N) is 3. The van der Waals surface area contributed by atoms with Gasteiger partial charge in [0.2, 0.25) is 11.9 Å². The number of nitrogens with one attached hydrogen (secondary N) is 1. The molecule has 1 aromatic heterocycles. The Balaban J connectivity index is 1.46. The first-order valence-electron chi connectivity index (χ1n) is 10.5. The van der Waals surface area contributed by atoms with Gasteiger partial charge in [-0.1, -0.05) is 43.0 Å². The molecule has 0 saturated heterocycles. The quantitative estimate of drug-likeness (QED) is 0.647. The fraction of sp³-hybridized carbons (Fsp3) is 0.348. The number of anilines is 2. The molecule has 1 aliphatic heterocycles. The number of carbonyl (C=O) groups is 2. The van der Waals surface area contributed by atoms with Crippen molar-refractivity contribution in [1.82, 2.24) is 9.55 Å². The van der Waals surface area contributed by atoms with Crippen molar-refractivity contribution in [2.45, 2.75) is 50.6 Å². The molecule has 3 aromatic rings. The molecule has 0 radical (unpaired) electrons. The van der Waals surface area contributed by atoms with Crippen LogP contribution in [-0.2, 0) is 9.59 Å². The lowest BCUT2D eigenvalue weighted by Gasteiger charge is -2.30. The van der Waals surface area contributed by atoms with Crippen LogP contribution in [0.3, 0.4) is 0 Å². The standard InChI is InChI=1S/C23H23ClN4O2/c24-15-10-12-16(13-11-15)25-21(29)14-20-22(30)27(17-6-2-1-3-7-17)23-26-18-8-4-5-9-19(18)28(20)23/h4-5,8-13,17,20H,1-3,6-7,14H2,(H,25,29).